The van der Waals surface area contributed by atoms with Gasteiger partial charge in [0.25, 0.3) is 5.91 Å². The number of methoxy groups -OCH3 is 1. The van der Waals surface area contributed by atoms with E-state index in [4.69, 9.17) is 4.74 Å². The van der Waals surface area contributed by atoms with Crippen molar-refractivity contribution in [2.75, 3.05) is 26.7 Å². The number of aromatic nitrogens is 3. The smallest absolute Gasteiger partial charge is 0.433 e. The summed E-state index contributed by atoms with van der Waals surface area (Å²) in [6, 6.07) is 12.2. The Kier molecular flexibility index (Phi) is 6.99. The van der Waals surface area contributed by atoms with Gasteiger partial charge < -0.3 is 14.5 Å². The third kappa shape index (κ3) is 4.87. The Balaban J connectivity index is 1.48. The highest BCUT2D eigenvalue weighted by molar-refractivity contribution is 6.00. The van der Waals surface area contributed by atoms with E-state index in [1.54, 1.807) is 41.3 Å². The van der Waals surface area contributed by atoms with E-state index in [-0.39, 0.29) is 34.3 Å². The van der Waals surface area contributed by atoms with Crippen molar-refractivity contribution in [2.45, 2.75) is 26.1 Å². The fourth-order valence-corrected chi connectivity index (χ4v) is 5.07. The number of carbonyl (C=O) groups is 1. The predicted molar refractivity (Wildman–Crippen MR) is 142 cm³/mol. The molecular formula is C29H27F4N5O2. The van der Waals surface area contributed by atoms with Crippen molar-refractivity contribution in [2.24, 2.45) is 0 Å². The van der Waals surface area contributed by atoms with Gasteiger partial charge in [-0.15, -0.1) is 0 Å². The van der Waals surface area contributed by atoms with Gasteiger partial charge in [-0.2, -0.15) is 18.3 Å². The van der Waals surface area contributed by atoms with Crippen LogP contribution in [-0.4, -0.2) is 63.1 Å². The Labute approximate surface area is 228 Å². The molecule has 1 atom stereocenters. The molecule has 1 fully saturated rings. The van der Waals surface area contributed by atoms with E-state index in [2.05, 4.69) is 16.7 Å². The highest BCUT2D eigenvalue weighted by Crippen LogP contribution is 2.37. The van der Waals surface area contributed by atoms with Crippen LogP contribution in [0.4, 0.5) is 17.6 Å². The molecular weight excluding hydrogens is 526 g/mol. The number of hydrogen-bond acceptors (Lipinski definition) is 5. The van der Waals surface area contributed by atoms with Crippen LogP contribution in [0, 0.1) is 12.7 Å². The third-order valence-electron chi connectivity index (χ3n) is 7.19. The van der Waals surface area contributed by atoms with Crippen molar-refractivity contribution in [3.05, 3.63) is 89.5 Å². The minimum atomic E-state index is -4.74. The van der Waals surface area contributed by atoms with Crippen molar-refractivity contribution in [1.82, 2.24) is 24.4 Å². The van der Waals surface area contributed by atoms with Crippen LogP contribution in [-0.2, 0) is 6.18 Å². The molecule has 40 heavy (non-hydrogen) atoms. The molecule has 0 spiro atoms. The number of carbonyl (C=O) groups excluding carboxylic acids is 1. The van der Waals surface area contributed by atoms with Gasteiger partial charge in [0.05, 0.1) is 19.0 Å². The van der Waals surface area contributed by atoms with E-state index < -0.39 is 17.8 Å². The average molecular weight is 554 g/mol. The van der Waals surface area contributed by atoms with Gasteiger partial charge in [-0.1, -0.05) is 18.7 Å². The lowest BCUT2D eigenvalue weighted by Gasteiger charge is -2.41. The number of amides is 1. The van der Waals surface area contributed by atoms with Gasteiger partial charge in [0.15, 0.2) is 11.3 Å². The summed E-state index contributed by atoms with van der Waals surface area (Å²) in [4.78, 5) is 21.8. The maximum atomic E-state index is 14.3. The molecule has 7 nitrogen and oxygen atoms in total. The van der Waals surface area contributed by atoms with Crippen LogP contribution in [0.15, 0.2) is 61.3 Å². The number of fused-ring (bicyclic) bond motifs is 1. The van der Waals surface area contributed by atoms with E-state index in [9.17, 15) is 22.4 Å². The summed E-state index contributed by atoms with van der Waals surface area (Å²) in [6.45, 7) is 8.52. The number of alkyl halides is 3. The van der Waals surface area contributed by atoms with Gasteiger partial charge in [-0.25, -0.2) is 13.9 Å². The van der Waals surface area contributed by atoms with Gasteiger partial charge in [0.1, 0.15) is 17.1 Å². The van der Waals surface area contributed by atoms with E-state index in [0.717, 1.165) is 11.8 Å². The second-order valence-corrected chi connectivity index (χ2v) is 9.70. The third-order valence-corrected chi connectivity index (χ3v) is 7.19. The molecule has 0 saturated carbocycles. The maximum absolute atomic E-state index is 14.3. The van der Waals surface area contributed by atoms with Gasteiger partial charge in [-0.05, 0) is 55.8 Å². The highest BCUT2D eigenvalue weighted by atomic mass is 19.4. The Morgan fingerprint density at radius 3 is 2.35 bits per heavy atom. The Morgan fingerprint density at radius 2 is 1.75 bits per heavy atom. The van der Waals surface area contributed by atoms with Crippen LogP contribution in [0.3, 0.4) is 0 Å². The molecule has 208 valence electrons. The first-order valence-electron chi connectivity index (χ1n) is 12.6. The summed E-state index contributed by atoms with van der Waals surface area (Å²) >= 11 is 0. The Morgan fingerprint density at radius 1 is 1.07 bits per heavy atom. The molecule has 0 aliphatic carbocycles. The quantitative estimate of drug-likeness (QED) is 0.297. The van der Waals surface area contributed by atoms with Gasteiger partial charge >= 0.3 is 6.18 Å². The highest BCUT2D eigenvalue weighted by Gasteiger charge is 2.39. The number of piperazine rings is 1. The number of benzene rings is 2. The normalized spacial score (nSPS) is 15.9. The SMILES string of the molecule is C=C(c1ccc(F)cc1)N1CCN(C(=O)c2cnn3c(C(F)(F)F)c(C)c(-c4ccc(OC)cc4)nc23)[C@H](C)C1. The molecule has 1 saturated heterocycles. The zero-order chi connectivity index (χ0) is 28.8. The number of ether oxygens (including phenoxy) is 1. The first-order chi connectivity index (χ1) is 19.0. The molecule has 2 aromatic carbocycles. The van der Waals surface area contributed by atoms with E-state index in [1.807, 2.05) is 11.8 Å². The van der Waals surface area contributed by atoms with Crippen LogP contribution < -0.4 is 4.74 Å². The molecule has 3 heterocycles. The van der Waals surface area contributed by atoms with Crippen LogP contribution in [0.5, 0.6) is 5.75 Å². The minimum Gasteiger partial charge on any atom is -0.497 e. The Hall–Kier alpha value is -4.41. The fourth-order valence-electron chi connectivity index (χ4n) is 5.07. The minimum absolute atomic E-state index is 0.0158. The molecule has 0 bridgehead atoms. The van der Waals surface area contributed by atoms with Crippen molar-refractivity contribution in [1.29, 1.82) is 0 Å². The second kappa shape index (κ2) is 10.3. The molecule has 1 aliphatic rings. The second-order valence-electron chi connectivity index (χ2n) is 9.70. The van der Waals surface area contributed by atoms with Crippen LogP contribution in [0.1, 0.15) is 34.1 Å². The van der Waals surface area contributed by atoms with Gasteiger partial charge in [0, 0.05) is 42.5 Å². The summed E-state index contributed by atoms with van der Waals surface area (Å²) in [5, 5.41) is 3.95. The van der Waals surface area contributed by atoms with Gasteiger partial charge in [-0.3, -0.25) is 4.79 Å². The molecule has 1 amide bonds. The first-order valence-corrected chi connectivity index (χ1v) is 12.6. The first kappa shape index (κ1) is 27.2. The zero-order valence-electron chi connectivity index (χ0n) is 22.2. The lowest BCUT2D eigenvalue weighted by atomic mass is 10.0. The molecule has 2 aromatic heterocycles. The number of rotatable bonds is 5. The molecule has 5 rings (SSSR count). The zero-order valence-corrected chi connectivity index (χ0v) is 22.2. The van der Waals surface area contributed by atoms with E-state index in [1.165, 1.54) is 26.2 Å². The molecule has 1 aliphatic heterocycles. The topological polar surface area (TPSA) is 63.0 Å². The monoisotopic (exact) mass is 553 g/mol. The summed E-state index contributed by atoms with van der Waals surface area (Å²) in [6.07, 6.45) is -3.59. The van der Waals surface area contributed by atoms with Crippen LogP contribution >= 0.6 is 0 Å². The molecule has 0 unspecified atom stereocenters. The summed E-state index contributed by atoms with van der Waals surface area (Å²) < 4.78 is 62.0. The summed E-state index contributed by atoms with van der Waals surface area (Å²) in [5.74, 6) is -0.255. The standard InChI is InChI=1S/C29H27F4N5O2/c1-17-16-36(19(3)20-5-9-22(30)10-6-20)13-14-37(17)28(39)24-15-34-38-26(29(31,32)33)18(2)25(35-27(24)38)21-7-11-23(40-4)12-8-21/h5-12,15,17H,3,13-14,16H2,1-2,4H3/t17-/m1/s1. The number of nitrogens with zero attached hydrogens (tertiary/aromatic N) is 5. The van der Waals surface area contributed by atoms with E-state index >= 15 is 0 Å². The van der Waals surface area contributed by atoms with Crippen molar-refractivity contribution < 1.29 is 27.1 Å². The van der Waals surface area contributed by atoms with Gasteiger partial charge in [0.2, 0.25) is 0 Å². The van der Waals surface area contributed by atoms with E-state index in [0.29, 0.717) is 41.2 Å². The number of halogens is 4. The van der Waals surface area contributed by atoms with Crippen molar-refractivity contribution >= 4 is 17.3 Å². The van der Waals surface area contributed by atoms with Crippen LogP contribution in [0.25, 0.3) is 22.6 Å². The molecule has 0 N–H and O–H groups in total. The fraction of sp³-hybridized carbons (Fsp3) is 0.276. The lowest BCUT2D eigenvalue weighted by molar-refractivity contribution is -0.143. The largest absolute Gasteiger partial charge is 0.497 e. The summed E-state index contributed by atoms with van der Waals surface area (Å²) in [7, 11) is 1.50. The molecule has 4 aromatic rings. The predicted octanol–water partition coefficient (Wildman–Crippen LogP) is 5.69. The summed E-state index contributed by atoms with van der Waals surface area (Å²) in [5.41, 5.74) is 0.742. The van der Waals surface area contributed by atoms with Crippen molar-refractivity contribution in [3.8, 4) is 17.0 Å². The van der Waals surface area contributed by atoms with Crippen molar-refractivity contribution in [3.63, 3.8) is 0 Å². The molecule has 11 heteroatoms. The maximum Gasteiger partial charge on any atom is 0.433 e. The molecule has 0 radical (unpaired) electrons. The Bertz CT molecular complexity index is 1580. The van der Waals surface area contributed by atoms with Crippen LogP contribution in [0.2, 0.25) is 0 Å². The average Bonchev–Trinajstić information content (AvgIpc) is 3.34. The lowest BCUT2D eigenvalue weighted by Crippen LogP contribution is -2.53. The number of hydrogen-bond donors (Lipinski definition) is 0.